The van der Waals surface area contributed by atoms with E-state index in [-0.39, 0.29) is 0 Å². The van der Waals surface area contributed by atoms with Gasteiger partial charge >= 0.3 is 0 Å². The Kier molecular flexibility index (Phi) is 4.64. The number of amidine groups is 1. The maximum absolute atomic E-state index is 10.8. The van der Waals surface area contributed by atoms with Crippen molar-refractivity contribution in [2.45, 2.75) is 6.92 Å². The molecule has 4 nitrogen and oxygen atoms in total. The topological polar surface area (TPSA) is 65.2 Å². The van der Waals surface area contributed by atoms with Crippen LogP contribution in [0.3, 0.4) is 0 Å². The smallest absolute Gasteiger partial charge is 0.152 e. The van der Waals surface area contributed by atoms with Gasteiger partial charge in [-0.05, 0) is 19.1 Å². The summed E-state index contributed by atoms with van der Waals surface area (Å²) in [5.74, 6) is 0.448. The number of nitriles is 1. The number of carbonyl (C=O) groups is 1. The Morgan fingerprint density at radius 3 is 2.71 bits per heavy atom. The molecule has 0 fully saturated rings. The van der Waals surface area contributed by atoms with E-state index in [1.807, 2.05) is 12.1 Å². The standard InChI is InChI=1S/C13H13N3O/c1-3-10(8-14)13(15-2)16-12-7-5-4-6-11(12)9-17/h3-7,9H,1-2H3,(H,15,16)/b10-3-. The molecular weight excluding hydrogens is 214 g/mol. The first-order valence-corrected chi connectivity index (χ1v) is 5.11. The summed E-state index contributed by atoms with van der Waals surface area (Å²) in [6, 6.07) is 9.09. The average molecular weight is 227 g/mol. The number of benzene rings is 1. The lowest BCUT2D eigenvalue weighted by molar-refractivity contribution is 0.112. The van der Waals surface area contributed by atoms with Crippen molar-refractivity contribution >= 4 is 17.8 Å². The highest BCUT2D eigenvalue weighted by molar-refractivity contribution is 6.11. The van der Waals surface area contributed by atoms with Crippen molar-refractivity contribution in [3.05, 3.63) is 41.5 Å². The van der Waals surface area contributed by atoms with Crippen LogP contribution in [0.15, 0.2) is 40.9 Å². The third-order valence-corrected chi connectivity index (χ3v) is 2.23. The van der Waals surface area contributed by atoms with Gasteiger partial charge in [-0.2, -0.15) is 5.26 Å². The highest BCUT2D eigenvalue weighted by Crippen LogP contribution is 2.14. The molecule has 0 saturated heterocycles. The molecule has 1 aromatic rings. The van der Waals surface area contributed by atoms with Crippen molar-refractivity contribution in [2.75, 3.05) is 12.4 Å². The van der Waals surface area contributed by atoms with Crippen molar-refractivity contribution in [2.24, 2.45) is 4.99 Å². The predicted molar refractivity (Wildman–Crippen MR) is 68.2 cm³/mol. The van der Waals surface area contributed by atoms with Gasteiger partial charge in [0.05, 0.1) is 11.3 Å². The molecule has 0 unspecified atom stereocenters. The molecule has 1 rings (SSSR count). The first-order chi connectivity index (χ1) is 8.26. The molecule has 0 atom stereocenters. The second-order valence-electron chi connectivity index (χ2n) is 3.22. The van der Waals surface area contributed by atoms with Crippen LogP contribution in [0.25, 0.3) is 0 Å². The van der Waals surface area contributed by atoms with Crippen molar-refractivity contribution in [3.63, 3.8) is 0 Å². The Bertz CT molecular complexity index is 510. The van der Waals surface area contributed by atoms with E-state index in [0.29, 0.717) is 22.7 Å². The van der Waals surface area contributed by atoms with Crippen molar-refractivity contribution in [1.29, 1.82) is 5.26 Å². The molecule has 0 saturated carbocycles. The third kappa shape index (κ3) is 3.02. The van der Waals surface area contributed by atoms with Crippen LogP contribution >= 0.6 is 0 Å². The molecule has 0 heterocycles. The lowest BCUT2D eigenvalue weighted by Crippen LogP contribution is -2.15. The predicted octanol–water partition coefficient (Wildman–Crippen LogP) is 2.41. The number of nitrogens with one attached hydrogen (secondary N) is 1. The van der Waals surface area contributed by atoms with E-state index in [9.17, 15) is 4.79 Å². The van der Waals surface area contributed by atoms with E-state index >= 15 is 0 Å². The van der Waals surface area contributed by atoms with Crippen LogP contribution in [-0.2, 0) is 0 Å². The van der Waals surface area contributed by atoms with Crippen LogP contribution in [0.4, 0.5) is 5.69 Å². The lowest BCUT2D eigenvalue weighted by Gasteiger charge is -2.09. The maximum atomic E-state index is 10.8. The fourth-order valence-corrected chi connectivity index (χ4v) is 1.34. The fourth-order valence-electron chi connectivity index (χ4n) is 1.34. The summed E-state index contributed by atoms with van der Waals surface area (Å²) in [5.41, 5.74) is 1.60. The van der Waals surface area contributed by atoms with E-state index in [4.69, 9.17) is 5.26 Å². The lowest BCUT2D eigenvalue weighted by atomic mass is 10.1. The fraction of sp³-hybridized carbons (Fsp3) is 0.154. The number of hydrogen-bond acceptors (Lipinski definition) is 3. The number of aliphatic imine (C=N–C) groups is 1. The molecular formula is C13H13N3O. The van der Waals surface area contributed by atoms with E-state index in [1.54, 1.807) is 38.2 Å². The Hall–Kier alpha value is -2.41. The minimum absolute atomic E-state index is 0.438. The van der Waals surface area contributed by atoms with Gasteiger partial charge in [0.15, 0.2) is 6.29 Å². The van der Waals surface area contributed by atoms with Crippen molar-refractivity contribution in [1.82, 2.24) is 0 Å². The van der Waals surface area contributed by atoms with Crippen molar-refractivity contribution in [3.8, 4) is 6.07 Å². The molecule has 17 heavy (non-hydrogen) atoms. The van der Waals surface area contributed by atoms with E-state index < -0.39 is 0 Å². The van der Waals surface area contributed by atoms with Gasteiger partial charge in [-0.1, -0.05) is 18.2 Å². The summed E-state index contributed by atoms with van der Waals surface area (Å²) in [6.45, 7) is 1.76. The molecule has 1 aromatic carbocycles. The van der Waals surface area contributed by atoms with E-state index in [0.717, 1.165) is 6.29 Å². The molecule has 0 aliphatic heterocycles. The molecule has 0 aliphatic rings. The molecule has 0 aliphatic carbocycles. The monoisotopic (exact) mass is 227 g/mol. The summed E-state index contributed by atoms with van der Waals surface area (Å²) in [4.78, 5) is 14.8. The van der Waals surface area contributed by atoms with Gasteiger partial charge in [0.25, 0.3) is 0 Å². The summed E-state index contributed by atoms with van der Waals surface area (Å²) in [7, 11) is 1.59. The Morgan fingerprint density at radius 1 is 1.47 bits per heavy atom. The molecule has 0 radical (unpaired) electrons. The highest BCUT2D eigenvalue weighted by Gasteiger charge is 2.07. The maximum Gasteiger partial charge on any atom is 0.152 e. The number of nitrogens with zero attached hydrogens (tertiary/aromatic N) is 2. The number of para-hydroxylation sites is 1. The normalized spacial score (nSPS) is 11.8. The zero-order valence-electron chi connectivity index (χ0n) is 9.77. The van der Waals surface area contributed by atoms with Crippen LogP contribution < -0.4 is 5.32 Å². The van der Waals surface area contributed by atoms with Gasteiger partial charge < -0.3 is 5.32 Å². The van der Waals surface area contributed by atoms with E-state index in [2.05, 4.69) is 10.3 Å². The molecule has 4 heteroatoms. The quantitative estimate of drug-likeness (QED) is 0.373. The summed E-state index contributed by atoms with van der Waals surface area (Å²) in [6.07, 6.45) is 2.43. The number of rotatable bonds is 3. The number of carbonyl (C=O) groups excluding carboxylic acids is 1. The second-order valence-corrected chi connectivity index (χ2v) is 3.22. The van der Waals surface area contributed by atoms with Gasteiger partial charge in [0.1, 0.15) is 11.9 Å². The highest BCUT2D eigenvalue weighted by atomic mass is 16.1. The van der Waals surface area contributed by atoms with Gasteiger partial charge in [0, 0.05) is 12.6 Å². The number of hydrogen-bond donors (Lipinski definition) is 1. The first kappa shape index (κ1) is 12.7. The second kappa shape index (κ2) is 6.23. The van der Waals surface area contributed by atoms with Gasteiger partial charge in [0.2, 0.25) is 0 Å². The average Bonchev–Trinajstić information content (AvgIpc) is 2.39. The summed E-state index contributed by atoms with van der Waals surface area (Å²) in [5, 5.41) is 11.9. The van der Waals surface area contributed by atoms with Gasteiger partial charge in [-0.15, -0.1) is 0 Å². The zero-order valence-corrected chi connectivity index (χ0v) is 9.77. The van der Waals surface area contributed by atoms with E-state index in [1.165, 1.54) is 0 Å². The molecule has 0 bridgehead atoms. The van der Waals surface area contributed by atoms with Gasteiger partial charge in [-0.3, -0.25) is 9.79 Å². The largest absolute Gasteiger partial charge is 0.339 e. The van der Waals surface area contributed by atoms with Gasteiger partial charge in [-0.25, -0.2) is 0 Å². The molecule has 86 valence electrons. The molecule has 0 aromatic heterocycles. The molecule has 0 amide bonds. The Balaban J connectivity index is 3.05. The molecule has 1 N–H and O–H groups in total. The van der Waals surface area contributed by atoms with Crippen LogP contribution in [0, 0.1) is 11.3 Å². The third-order valence-electron chi connectivity index (χ3n) is 2.23. The van der Waals surface area contributed by atoms with Crippen LogP contribution in [0.1, 0.15) is 17.3 Å². The Labute approximate surface area is 100 Å². The van der Waals surface area contributed by atoms with Crippen LogP contribution in [-0.4, -0.2) is 19.2 Å². The van der Waals surface area contributed by atoms with Crippen molar-refractivity contribution < 1.29 is 4.79 Å². The SMILES string of the molecule is C/C=C(/C#N)C(=NC)Nc1ccccc1C=O. The first-order valence-electron chi connectivity index (χ1n) is 5.11. The molecule has 0 spiro atoms. The minimum Gasteiger partial charge on any atom is -0.339 e. The minimum atomic E-state index is 0.438. The summed E-state index contributed by atoms with van der Waals surface area (Å²) >= 11 is 0. The van der Waals surface area contributed by atoms with Crippen LogP contribution in [0.2, 0.25) is 0 Å². The number of anilines is 1. The number of allylic oxidation sites excluding steroid dienone is 1. The van der Waals surface area contributed by atoms with Crippen LogP contribution in [0.5, 0.6) is 0 Å². The Morgan fingerprint density at radius 2 is 2.18 bits per heavy atom. The summed E-state index contributed by atoms with van der Waals surface area (Å²) < 4.78 is 0. The zero-order chi connectivity index (χ0) is 12.7. The number of aldehydes is 1.